The van der Waals surface area contributed by atoms with Gasteiger partial charge in [-0.05, 0) is 44.9 Å². The fraction of sp³-hybridized carbons (Fsp3) is 0.455. The van der Waals surface area contributed by atoms with Gasteiger partial charge < -0.3 is 10.2 Å². The van der Waals surface area contributed by atoms with Crippen molar-refractivity contribution in [2.75, 3.05) is 26.7 Å². The fourth-order valence-electron chi connectivity index (χ4n) is 4.17. The number of likely N-dealkylation sites (tertiary alicyclic amines) is 1. The van der Waals surface area contributed by atoms with Crippen LogP contribution in [0, 0.1) is 11.6 Å². The molecule has 1 aliphatic rings. The maximum Gasteiger partial charge on any atom is 0.254 e. The quantitative estimate of drug-likeness (QED) is 0.649. The van der Waals surface area contributed by atoms with Gasteiger partial charge in [-0.3, -0.25) is 9.78 Å². The molecule has 7 nitrogen and oxygen atoms in total. The molecule has 1 aromatic carbocycles. The Hall–Kier alpha value is -3.01. The zero-order valence-electron chi connectivity index (χ0n) is 18.2. The molecule has 0 radical (unpaired) electrons. The molecule has 32 heavy (non-hydrogen) atoms. The number of nitrogens with one attached hydrogen (secondary N) is 1. The molecule has 4 rings (SSSR count). The number of rotatable bonds is 5. The van der Waals surface area contributed by atoms with Crippen LogP contribution >= 0.6 is 0 Å². The normalized spacial score (nSPS) is 15.9. The first kappa shape index (κ1) is 22.2. The zero-order valence-corrected chi connectivity index (χ0v) is 18.2. The molecule has 0 bridgehead atoms. The molecule has 1 fully saturated rings. The topological polar surface area (TPSA) is 75.9 Å². The van der Waals surface area contributed by atoms with Gasteiger partial charge >= 0.3 is 0 Å². The summed E-state index contributed by atoms with van der Waals surface area (Å²) < 4.78 is 44.7. The van der Waals surface area contributed by atoms with Gasteiger partial charge in [0.15, 0.2) is 11.6 Å². The van der Waals surface area contributed by atoms with E-state index in [4.69, 9.17) is 0 Å². The molecule has 1 N–H and O–H groups in total. The van der Waals surface area contributed by atoms with Crippen molar-refractivity contribution in [2.45, 2.75) is 38.4 Å². The summed E-state index contributed by atoms with van der Waals surface area (Å²) in [6.45, 7) is 5.06. The Bertz CT molecular complexity index is 1150. The highest BCUT2D eigenvalue weighted by atomic mass is 19.2. The largest absolute Gasteiger partial charge is 0.355 e. The van der Waals surface area contributed by atoms with Crippen LogP contribution in [0.15, 0.2) is 24.4 Å². The lowest BCUT2D eigenvalue weighted by Gasteiger charge is -2.34. The second kappa shape index (κ2) is 8.50. The van der Waals surface area contributed by atoms with Gasteiger partial charge in [-0.1, -0.05) is 5.21 Å². The Kier molecular flexibility index (Phi) is 5.89. The number of carbonyl (C=O) groups excluding carboxylic acids is 1. The molecule has 1 amide bonds. The molecule has 0 atom stereocenters. The van der Waals surface area contributed by atoms with Crippen molar-refractivity contribution in [1.29, 1.82) is 0 Å². The van der Waals surface area contributed by atoms with Gasteiger partial charge in [-0.25, -0.2) is 17.9 Å². The fourth-order valence-corrected chi connectivity index (χ4v) is 4.17. The number of piperidine rings is 1. The number of alkyl halides is 1. The van der Waals surface area contributed by atoms with Crippen molar-refractivity contribution < 1.29 is 18.0 Å². The summed E-state index contributed by atoms with van der Waals surface area (Å²) in [5.74, 6) is -3.08. The summed E-state index contributed by atoms with van der Waals surface area (Å²) in [5.41, 5.74) is -0.264. The Balaban J connectivity index is 1.57. The third-order valence-electron chi connectivity index (χ3n) is 5.69. The van der Waals surface area contributed by atoms with Gasteiger partial charge in [0.25, 0.3) is 5.91 Å². The minimum atomic E-state index is -1.24. The van der Waals surface area contributed by atoms with Gasteiger partial charge in [-0.2, -0.15) is 0 Å². The first-order chi connectivity index (χ1) is 15.2. The number of aromatic nitrogens is 4. The van der Waals surface area contributed by atoms with E-state index in [1.165, 1.54) is 19.2 Å². The van der Waals surface area contributed by atoms with Crippen LogP contribution in [0.2, 0.25) is 0 Å². The molecular weight excluding hydrogens is 421 g/mol. The third-order valence-corrected chi connectivity index (χ3v) is 5.69. The Labute approximate surface area is 183 Å². The van der Waals surface area contributed by atoms with E-state index in [-0.39, 0.29) is 22.9 Å². The van der Waals surface area contributed by atoms with Crippen molar-refractivity contribution in [3.8, 4) is 11.3 Å². The smallest absolute Gasteiger partial charge is 0.254 e. The van der Waals surface area contributed by atoms with E-state index in [1.807, 2.05) is 0 Å². The number of halogens is 3. The van der Waals surface area contributed by atoms with Crippen LogP contribution in [0.1, 0.15) is 43.1 Å². The molecule has 0 spiro atoms. The van der Waals surface area contributed by atoms with Crippen molar-refractivity contribution in [1.82, 2.24) is 30.2 Å². The summed E-state index contributed by atoms with van der Waals surface area (Å²) >= 11 is 0. The third kappa shape index (κ3) is 4.32. The lowest BCUT2D eigenvalue weighted by atomic mass is 10.0. The molecule has 0 aliphatic carbocycles. The number of pyridine rings is 1. The predicted molar refractivity (Wildman–Crippen MR) is 114 cm³/mol. The lowest BCUT2D eigenvalue weighted by molar-refractivity contribution is 0.0953. The van der Waals surface area contributed by atoms with Gasteiger partial charge in [0.05, 0.1) is 23.5 Å². The summed E-state index contributed by atoms with van der Waals surface area (Å²) in [6, 6.07) is 4.20. The number of benzene rings is 1. The van der Waals surface area contributed by atoms with E-state index in [0.717, 1.165) is 25.9 Å². The first-order valence-corrected chi connectivity index (χ1v) is 10.5. The number of hydrogen-bond donors (Lipinski definition) is 1. The SMILES string of the molecule is CNC(=O)c1ccc(-c2cc3nnn(C4CCN(CC(C)(C)F)CC4)c3cn2)c(F)c1F. The predicted octanol–water partition coefficient (Wildman–Crippen LogP) is 3.52. The summed E-state index contributed by atoms with van der Waals surface area (Å²) in [6.07, 6.45) is 3.15. The molecule has 170 valence electrons. The van der Waals surface area contributed by atoms with Crippen LogP contribution in [-0.2, 0) is 0 Å². The number of hydrogen-bond acceptors (Lipinski definition) is 5. The van der Waals surface area contributed by atoms with Crippen LogP contribution < -0.4 is 5.32 Å². The van der Waals surface area contributed by atoms with E-state index < -0.39 is 23.2 Å². The molecule has 10 heteroatoms. The molecule has 0 saturated carbocycles. The minimum absolute atomic E-state index is 0.0613. The molecule has 2 aromatic heterocycles. The van der Waals surface area contributed by atoms with Crippen LogP contribution in [0.25, 0.3) is 22.3 Å². The number of amides is 1. The Morgan fingerprint density at radius 2 is 1.94 bits per heavy atom. The van der Waals surface area contributed by atoms with E-state index in [1.54, 1.807) is 30.8 Å². The summed E-state index contributed by atoms with van der Waals surface area (Å²) in [5, 5.41) is 10.7. The highest BCUT2D eigenvalue weighted by Gasteiger charge is 2.27. The van der Waals surface area contributed by atoms with Gasteiger partial charge in [0, 0.05) is 32.2 Å². The van der Waals surface area contributed by atoms with Crippen molar-refractivity contribution >= 4 is 16.9 Å². The molecule has 3 heterocycles. The van der Waals surface area contributed by atoms with E-state index >= 15 is 0 Å². The second-order valence-electron chi connectivity index (χ2n) is 8.69. The number of carbonyl (C=O) groups is 1. The minimum Gasteiger partial charge on any atom is -0.355 e. The Morgan fingerprint density at radius 1 is 1.22 bits per heavy atom. The standard InChI is InChI=1S/C22H25F3N6O/c1-22(2,25)12-30-8-6-13(7-9-30)31-18-11-27-16(10-17(18)28-29-31)14-4-5-15(21(32)26-3)20(24)19(14)23/h4-5,10-11,13H,6-9,12H2,1-3H3,(H,26,32). The average Bonchev–Trinajstić information content (AvgIpc) is 3.18. The highest BCUT2D eigenvalue weighted by molar-refractivity contribution is 5.95. The van der Waals surface area contributed by atoms with Crippen molar-refractivity contribution in [3.05, 3.63) is 41.6 Å². The maximum absolute atomic E-state index is 14.6. The first-order valence-electron chi connectivity index (χ1n) is 10.5. The Morgan fingerprint density at radius 3 is 2.59 bits per heavy atom. The van der Waals surface area contributed by atoms with Gasteiger partial charge in [0.2, 0.25) is 0 Å². The molecule has 3 aromatic rings. The van der Waals surface area contributed by atoms with Gasteiger partial charge in [0.1, 0.15) is 16.7 Å². The maximum atomic E-state index is 14.6. The van der Waals surface area contributed by atoms with Gasteiger partial charge in [-0.15, -0.1) is 5.10 Å². The van der Waals surface area contributed by atoms with Crippen LogP contribution in [0.3, 0.4) is 0 Å². The highest BCUT2D eigenvalue weighted by Crippen LogP contribution is 2.30. The van der Waals surface area contributed by atoms with E-state index in [2.05, 4.69) is 25.5 Å². The van der Waals surface area contributed by atoms with E-state index in [0.29, 0.717) is 17.6 Å². The summed E-state index contributed by atoms with van der Waals surface area (Å²) in [7, 11) is 1.35. The van der Waals surface area contributed by atoms with Crippen molar-refractivity contribution in [3.63, 3.8) is 0 Å². The number of fused-ring (bicyclic) bond motifs is 1. The average molecular weight is 446 g/mol. The second-order valence-corrected chi connectivity index (χ2v) is 8.69. The number of nitrogens with zero attached hydrogens (tertiary/aromatic N) is 5. The molecule has 1 saturated heterocycles. The summed E-state index contributed by atoms with van der Waals surface area (Å²) in [4.78, 5) is 18.1. The molecular formula is C22H25F3N6O. The van der Waals surface area contributed by atoms with E-state index in [9.17, 15) is 18.0 Å². The molecule has 0 unspecified atom stereocenters. The monoisotopic (exact) mass is 446 g/mol. The van der Waals surface area contributed by atoms with Crippen LogP contribution in [0.4, 0.5) is 13.2 Å². The zero-order chi connectivity index (χ0) is 23.0. The van der Waals surface area contributed by atoms with Crippen LogP contribution in [0.5, 0.6) is 0 Å². The van der Waals surface area contributed by atoms with Crippen LogP contribution in [-0.4, -0.2) is 63.1 Å². The van der Waals surface area contributed by atoms with Crippen molar-refractivity contribution in [2.24, 2.45) is 0 Å². The lowest BCUT2D eigenvalue weighted by Crippen LogP contribution is -2.41. The molecule has 1 aliphatic heterocycles.